The van der Waals surface area contributed by atoms with Crippen molar-refractivity contribution >= 4 is 39.3 Å². The molecule has 1 saturated heterocycles. The average molecular weight is 328 g/mol. The van der Waals surface area contributed by atoms with E-state index < -0.39 is 12.1 Å². The Labute approximate surface area is 118 Å². The summed E-state index contributed by atoms with van der Waals surface area (Å²) in [6.07, 6.45) is 0.157. The molecule has 1 aliphatic heterocycles. The van der Waals surface area contributed by atoms with E-state index in [2.05, 4.69) is 21.2 Å². The molecule has 1 fully saturated rings. The van der Waals surface area contributed by atoms with E-state index in [9.17, 15) is 9.59 Å². The van der Waals surface area contributed by atoms with Crippen LogP contribution in [-0.4, -0.2) is 34.6 Å². The number of nitrogens with one attached hydrogen (secondary N) is 1. The molecule has 19 heavy (non-hydrogen) atoms. The van der Waals surface area contributed by atoms with Gasteiger partial charge in [-0.3, -0.25) is 9.69 Å². The minimum atomic E-state index is -1.07. The second-order valence-corrected chi connectivity index (χ2v) is 5.27. The molecule has 0 bridgehead atoms. The molecule has 0 radical (unpaired) electrons. The fourth-order valence-electron chi connectivity index (χ4n) is 2.12. The summed E-state index contributed by atoms with van der Waals surface area (Å²) in [5.74, 6) is -0.343. The second kappa shape index (κ2) is 5.48. The van der Waals surface area contributed by atoms with Gasteiger partial charge in [0.05, 0.1) is 11.4 Å². The molecule has 1 aromatic rings. The molecule has 1 heterocycles. The number of nitrogens with two attached hydrogens (primary N) is 1. The van der Waals surface area contributed by atoms with Gasteiger partial charge < -0.3 is 16.2 Å². The van der Waals surface area contributed by atoms with Crippen molar-refractivity contribution in [3.8, 4) is 0 Å². The number of carbonyl (C=O) groups excluding carboxylic acids is 1. The molecule has 0 aliphatic carbocycles. The van der Waals surface area contributed by atoms with Gasteiger partial charge in [-0.25, -0.2) is 4.79 Å². The minimum Gasteiger partial charge on any atom is -0.465 e. The monoisotopic (exact) mass is 327 g/mol. The van der Waals surface area contributed by atoms with Gasteiger partial charge in [0, 0.05) is 11.0 Å². The number of rotatable bonds is 2. The number of anilines is 2. The highest BCUT2D eigenvalue weighted by Gasteiger charge is 2.34. The summed E-state index contributed by atoms with van der Waals surface area (Å²) >= 11 is 3.29. The molecule has 0 aromatic heterocycles. The fraction of sp³-hybridized carbons (Fsp3) is 0.333. The first-order chi connectivity index (χ1) is 8.99. The van der Waals surface area contributed by atoms with Crippen LogP contribution in [0.25, 0.3) is 0 Å². The summed E-state index contributed by atoms with van der Waals surface area (Å²) in [6.45, 7) is 0.390. The van der Waals surface area contributed by atoms with Crippen LogP contribution in [0, 0.1) is 0 Å². The summed E-state index contributed by atoms with van der Waals surface area (Å²) in [5, 5.41) is 11.7. The first-order valence-corrected chi connectivity index (χ1v) is 6.64. The fourth-order valence-corrected chi connectivity index (χ4v) is 2.48. The largest absolute Gasteiger partial charge is 0.465 e. The van der Waals surface area contributed by atoms with Crippen LogP contribution in [0.3, 0.4) is 0 Å². The lowest BCUT2D eigenvalue weighted by Gasteiger charge is -2.21. The molecule has 2 amide bonds. The van der Waals surface area contributed by atoms with E-state index in [0.29, 0.717) is 30.8 Å². The van der Waals surface area contributed by atoms with Crippen molar-refractivity contribution in [3.05, 3.63) is 22.7 Å². The van der Waals surface area contributed by atoms with Gasteiger partial charge in [-0.2, -0.15) is 0 Å². The minimum absolute atomic E-state index is 0.343. The van der Waals surface area contributed by atoms with Gasteiger partial charge in [-0.1, -0.05) is 15.9 Å². The summed E-state index contributed by atoms with van der Waals surface area (Å²) < 4.78 is 0.790. The number of carboxylic acid groups (broad SMARTS) is 1. The first-order valence-electron chi connectivity index (χ1n) is 5.84. The van der Waals surface area contributed by atoms with E-state index in [-0.39, 0.29) is 5.91 Å². The van der Waals surface area contributed by atoms with Gasteiger partial charge >= 0.3 is 6.09 Å². The van der Waals surface area contributed by atoms with Crippen LogP contribution in [0.5, 0.6) is 0 Å². The van der Waals surface area contributed by atoms with Crippen LogP contribution >= 0.6 is 15.9 Å². The molecule has 6 nitrogen and oxygen atoms in total. The number of likely N-dealkylation sites (tertiary alicyclic amines) is 1. The highest BCUT2D eigenvalue weighted by Crippen LogP contribution is 2.25. The topological polar surface area (TPSA) is 95.7 Å². The maximum absolute atomic E-state index is 12.1. The molecule has 0 saturated carbocycles. The number of halogens is 1. The zero-order valence-electron chi connectivity index (χ0n) is 10.1. The Bertz CT molecular complexity index is 521. The van der Waals surface area contributed by atoms with Gasteiger partial charge in [0.25, 0.3) is 0 Å². The predicted octanol–water partition coefficient (Wildman–Crippen LogP) is 2.11. The van der Waals surface area contributed by atoms with E-state index in [1.54, 1.807) is 18.2 Å². The summed E-state index contributed by atoms with van der Waals surface area (Å²) in [5.41, 5.74) is 6.69. The van der Waals surface area contributed by atoms with Crippen LogP contribution in [0.15, 0.2) is 22.7 Å². The van der Waals surface area contributed by atoms with Gasteiger partial charge in [-0.15, -0.1) is 0 Å². The molecule has 102 valence electrons. The lowest BCUT2D eigenvalue weighted by molar-refractivity contribution is -0.119. The van der Waals surface area contributed by atoms with Gasteiger partial charge in [-0.05, 0) is 31.0 Å². The highest BCUT2D eigenvalue weighted by atomic mass is 79.9. The van der Waals surface area contributed by atoms with E-state index in [4.69, 9.17) is 10.8 Å². The Balaban J connectivity index is 2.12. The maximum atomic E-state index is 12.1. The van der Waals surface area contributed by atoms with Gasteiger partial charge in [0.2, 0.25) is 5.91 Å². The number of hydrogen-bond donors (Lipinski definition) is 3. The molecular formula is C12H14BrN3O3. The molecule has 1 aliphatic rings. The predicted molar refractivity (Wildman–Crippen MR) is 74.9 cm³/mol. The second-order valence-electron chi connectivity index (χ2n) is 4.35. The Hall–Kier alpha value is -1.76. The van der Waals surface area contributed by atoms with Gasteiger partial charge in [0.15, 0.2) is 0 Å². The Morgan fingerprint density at radius 3 is 2.89 bits per heavy atom. The molecule has 0 unspecified atom stereocenters. The van der Waals surface area contributed by atoms with Crippen LogP contribution in [0.1, 0.15) is 12.8 Å². The maximum Gasteiger partial charge on any atom is 0.407 e. The van der Waals surface area contributed by atoms with Crippen molar-refractivity contribution in [2.45, 2.75) is 18.9 Å². The normalized spacial score (nSPS) is 18.4. The number of carbonyl (C=O) groups is 2. The SMILES string of the molecule is Nc1ccc(Br)cc1NC(=O)[C@@H]1CCCN1C(=O)O. The molecule has 7 heteroatoms. The van der Waals surface area contributed by atoms with Crippen molar-refractivity contribution in [1.29, 1.82) is 0 Å². The van der Waals surface area contributed by atoms with Crippen LogP contribution in [0.4, 0.5) is 16.2 Å². The third-order valence-corrected chi connectivity index (χ3v) is 3.57. The van der Waals surface area contributed by atoms with Crippen molar-refractivity contribution in [1.82, 2.24) is 4.90 Å². The number of nitrogen functional groups attached to an aromatic ring is 1. The number of nitrogens with zero attached hydrogens (tertiary/aromatic N) is 1. The first kappa shape index (κ1) is 13.7. The third kappa shape index (κ3) is 2.98. The van der Waals surface area contributed by atoms with Crippen molar-refractivity contribution < 1.29 is 14.7 Å². The number of amides is 2. The molecule has 2 rings (SSSR count). The smallest absolute Gasteiger partial charge is 0.407 e. The van der Waals surface area contributed by atoms with E-state index in [0.717, 1.165) is 9.37 Å². The molecule has 1 atom stereocenters. The molecule has 0 spiro atoms. The van der Waals surface area contributed by atoms with Crippen LogP contribution < -0.4 is 11.1 Å². The highest BCUT2D eigenvalue weighted by molar-refractivity contribution is 9.10. The molecular weight excluding hydrogens is 314 g/mol. The Kier molecular flexibility index (Phi) is 3.94. The number of benzene rings is 1. The van der Waals surface area contributed by atoms with Crippen molar-refractivity contribution in [2.24, 2.45) is 0 Å². The van der Waals surface area contributed by atoms with Gasteiger partial charge in [0.1, 0.15) is 6.04 Å². The van der Waals surface area contributed by atoms with E-state index in [1.165, 1.54) is 0 Å². The summed E-state index contributed by atoms with van der Waals surface area (Å²) in [6, 6.07) is 4.48. The standard InChI is InChI=1S/C12H14BrN3O3/c13-7-3-4-8(14)9(6-7)15-11(17)10-2-1-5-16(10)12(18)19/h3-4,6,10H,1-2,5,14H2,(H,15,17)(H,18,19)/t10-/m0/s1. The molecule has 4 N–H and O–H groups in total. The lowest BCUT2D eigenvalue weighted by Crippen LogP contribution is -2.42. The average Bonchev–Trinajstić information content (AvgIpc) is 2.83. The van der Waals surface area contributed by atoms with Crippen LogP contribution in [0.2, 0.25) is 0 Å². The Morgan fingerprint density at radius 2 is 2.21 bits per heavy atom. The molecule has 1 aromatic carbocycles. The summed E-state index contributed by atoms with van der Waals surface area (Å²) in [7, 11) is 0. The zero-order chi connectivity index (χ0) is 14.0. The number of hydrogen-bond acceptors (Lipinski definition) is 3. The van der Waals surface area contributed by atoms with Crippen molar-refractivity contribution in [3.63, 3.8) is 0 Å². The zero-order valence-corrected chi connectivity index (χ0v) is 11.7. The van der Waals surface area contributed by atoms with Crippen molar-refractivity contribution in [2.75, 3.05) is 17.6 Å². The summed E-state index contributed by atoms with van der Waals surface area (Å²) in [4.78, 5) is 24.3. The quantitative estimate of drug-likeness (QED) is 0.725. The van der Waals surface area contributed by atoms with Crippen LogP contribution in [-0.2, 0) is 4.79 Å². The van der Waals surface area contributed by atoms with E-state index in [1.807, 2.05) is 0 Å². The van der Waals surface area contributed by atoms with E-state index >= 15 is 0 Å². The Morgan fingerprint density at radius 1 is 1.47 bits per heavy atom. The third-order valence-electron chi connectivity index (χ3n) is 3.07. The lowest BCUT2D eigenvalue weighted by atomic mass is 10.2.